The zero-order chi connectivity index (χ0) is 14.7. The molecule has 0 bridgehead atoms. The van der Waals surface area contributed by atoms with Crippen molar-refractivity contribution in [2.75, 3.05) is 11.9 Å². The van der Waals surface area contributed by atoms with Crippen LogP contribution in [0.15, 0.2) is 30.6 Å². The van der Waals surface area contributed by atoms with Crippen molar-refractivity contribution in [1.29, 1.82) is 0 Å². The molecular weight excluding hydrogens is 304 g/mol. The minimum Gasteiger partial charge on any atom is -0.369 e. The van der Waals surface area contributed by atoms with Crippen LogP contribution >= 0.6 is 22.9 Å². The van der Waals surface area contributed by atoms with E-state index in [1.165, 1.54) is 10.4 Å². The molecule has 0 saturated carbocycles. The molecule has 0 radical (unpaired) electrons. The molecule has 3 rings (SSSR count). The number of nitrogens with zero attached hydrogens (tertiary/aromatic N) is 3. The number of rotatable bonds is 5. The van der Waals surface area contributed by atoms with Crippen LogP contribution < -0.4 is 5.32 Å². The number of aryl methyl sites for hydroxylation is 1. The first-order valence-corrected chi connectivity index (χ1v) is 8.04. The van der Waals surface area contributed by atoms with E-state index in [1.54, 1.807) is 11.3 Å². The van der Waals surface area contributed by atoms with Gasteiger partial charge in [0, 0.05) is 23.8 Å². The van der Waals surface area contributed by atoms with Gasteiger partial charge in [0.15, 0.2) is 0 Å². The van der Waals surface area contributed by atoms with E-state index in [9.17, 15) is 0 Å². The van der Waals surface area contributed by atoms with Gasteiger partial charge < -0.3 is 5.32 Å². The van der Waals surface area contributed by atoms with Crippen molar-refractivity contribution in [3.8, 4) is 0 Å². The topological polar surface area (TPSA) is 50.7 Å². The third-order valence-electron chi connectivity index (χ3n) is 3.22. The van der Waals surface area contributed by atoms with E-state index in [4.69, 9.17) is 11.6 Å². The highest BCUT2D eigenvalue weighted by Crippen LogP contribution is 2.30. The van der Waals surface area contributed by atoms with Crippen LogP contribution in [-0.4, -0.2) is 21.5 Å². The van der Waals surface area contributed by atoms with E-state index in [0.717, 1.165) is 35.4 Å². The first kappa shape index (κ1) is 14.2. The van der Waals surface area contributed by atoms with E-state index in [-0.39, 0.29) is 0 Å². The summed E-state index contributed by atoms with van der Waals surface area (Å²) in [5, 5.41) is 4.71. The Hall–Kier alpha value is -1.72. The van der Waals surface area contributed by atoms with Gasteiger partial charge in [0.2, 0.25) is 5.28 Å². The molecule has 0 aromatic carbocycles. The summed E-state index contributed by atoms with van der Waals surface area (Å²) in [6.07, 6.45) is 5.52. The summed E-state index contributed by atoms with van der Waals surface area (Å²) in [6, 6.07) is 6.18. The number of anilines is 1. The highest BCUT2D eigenvalue weighted by molar-refractivity contribution is 7.18. The van der Waals surface area contributed by atoms with Gasteiger partial charge in [-0.2, -0.15) is 0 Å². The minimum atomic E-state index is 0.290. The molecular formula is C15H15ClN4S. The number of fused-ring (bicyclic) bond motifs is 1. The average molecular weight is 319 g/mol. The molecule has 0 unspecified atom stereocenters. The average Bonchev–Trinajstić information content (AvgIpc) is 2.91. The summed E-state index contributed by atoms with van der Waals surface area (Å²) in [4.78, 5) is 14.9. The lowest BCUT2D eigenvalue weighted by molar-refractivity contribution is 1.00. The third-order valence-corrected chi connectivity index (χ3v) is 4.56. The Morgan fingerprint density at radius 2 is 2.05 bits per heavy atom. The van der Waals surface area contributed by atoms with E-state index < -0.39 is 0 Å². The number of aromatic nitrogens is 3. The predicted molar refractivity (Wildman–Crippen MR) is 88.2 cm³/mol. The van der Waals surface area contributed by atoms with E-state index in [0.29, 0.717) is 5.28 Å². The van der Waals surface area contributed by atoms with Crippen molar-refractivity contribution >= 4 is 39.0 Å². The van der Waals surface area contributed by atoms with Crippen LogP contribution in [0.5, 0.6) is 0 Å². The van der Waals surface area contributed by atoms with Gasteiger partial charge in [0.1, 0.15) is 10.6 Å². The number of pyridine rings is 1. The molecule has 0 aliphatic carbocycles. The van der Waals surface area contributed by atoms with Gasteiger partial charge in [-0.3, -0.25) is 4.98 Å². The van der Waals surface area contributed by atoms with Crippen LogP contribution in [0.2, 0.25) is 5.28 Å². The summed E-state index contributed by atoms with van der Waals surface area (Å²) in [7, 11) is 0. The lowest BCUT2D eigenvalue weighted by atomic mass is 10.2. The smallest absolute Gasteiger partial charge is 0.225 e. The van der Waals surface area contributed by atoms with Crippen LogP contribution in [-0.2, 0) is 12.8 Å². The molecule has 108 valence electrons. The Balaban J connectivity index is 1.78. The second-order valence-electron chi connectivity index (χ2n) is 4.66. The molecule has 3 aromatic rings. The molecule has 1 N–H and O–H groups in total. The summed E-state index contributed by atoms with van der Waals surface area (Å²) in [5.41, 5.74) is 1.24. The normalized spacial score (nSPS) is 11.0. The maximum atomic E-state index is 6.01. The Labute approximate surface area is 132 Å². The van der Waals surface area contributed by atoms with Gasteiger partial charge >= 0.3 is 0 Å². The third kappa shape index (κ3) is 3.31. The van der Waals surface area contributed by atoms with Crippen molar-refractivity contribution < 1.29 is 0 Å². The number of hydrogen-bond acceptors (Lipinski definition) is 5. The molecule has 3 heterocycles. The minimum absolute atomic E-state index is 0.290. The Kier molecular flexibility index (Phi) is 4.31. The summed E-state index contributed by atoms with van der Waals surface area (Å²) in [6.45, 7) is 2.93. The van der Waals surface area contributed by atoms with E-state index >= 15 is 0 Å². The number of hydrogen-bond donors (Lipinski definition) is 1. The zero-order valence-electron chi connectivity index (χ0n) is 11.6. The molecule has 0 saturated heterocycles. The molecule has 0 aliphatic heterocycles. The second kappa shape index (κ2) is 6.37. The summed E-state index contributed by atoms with van der Waals surface area (Å²) >= 11 is 7.68. The maximum Gasteiger partial charge on any atom is 0.225 e. The molecule has 0 amide bonds. The molecule has 0 aliphatic rings. The highest BCUT2D eigenvalue weighted by atomic mass is 35.5. The zero-order valence-corrected chi connectivity index (χ0v) is 13.2. The van der Waals surface area contributed by atoms with Gasteiger partial charge in [-0.15, -0.1) is 11.3 Å². The monoisotopic (exact) mass is 318 g/mol. The first-order valence-electron chi connectivity index (χ1n) is 6.85. The number of thiophene rings is 1. The Morgan fingerprint density at radius 1 is 1.24 bits per heavy atom. The molecule has 3 aromatic heterocycles. The maximum absolute atomic E-state index is 6.01. The van der Waals surface area contributed by atoms with Gasteiger partial charge in [-0.05, 0) is 48.2 Å². The van der Waals surface area contributed by atoms with Crippen LogP contribution in [0.3, 0.4) is 0 Å². The van der Waals surface area contributed by atoms with Crippen molar-refractivity contribution in [2.24, 2.45) is 0 Å². The van der Waals surface area contributed by atoms with Crippen molar-refractivity contribution in [3.63, 3.8) is 0 Å². The molecule has 4 nitrogen and oxygen atoms in total. The van der Waals surface area contributed by atoms with Gasteiger partial charge in [-0.1, -0.05) is 6.92 Å². The lowest BCUT2D eigenvalue weighted by Crippen LogP contribution is -2.07. The van der Waals surface area contributed by atoms with Crippen LogP contribution in [0.1, 0.15) is 17.4 Å². The summed E-state index contributed by atoms with van der Waals surface area (Å²) in [5.74, 6) is 0.815. The highest BCUT2D eigenvalue weighted by Gasteiger charge is 2.10. The quantitative estimate of drug-likeness (QED) is 0.723. The fraction of sp³-hybridized carbons (Fsp3) is 0.267. The first-order chi connectivity index (χ1) is 10.3. The SMILES string of the molecule is CCc1cc2c(NCCc3ccncc3)nc(Cl)nc2s1. The van der Waals surface area contributed by atoms with E-state index in [2.05, 4.69) is 33.3 Å². The van der Waals surface area contributed by atoms with E-state index in [1.807, 2.05) is 24.5 Å². The van der Waals surface area contributed by atoms with Gasteiger partial charge in [0.05, 0.1) is 5.39 Å². The largest absolute Gasteiger partial charge is 0.369 e. The van der Waals surface area contributed by atoms with Crippen molar-refractivity contribution in [3.05, 3.63) is 46.3 Å². The number of halogens is 1. The van der Waals surface area contributed by atoms with Crippen molar-refractivity contribution in [1.82, 2.24) is 15.0 Å². The van der Waals surface area contributed by atoms with Crippen LogP contribution in [0, 0.1) is 0 Å². The Morgan fingerprint density at radius 3 is 2.81 bits per heavy atom. The second-order valence-corrected chi connectivity index (χ2v) is 6.11. The molecule has 0 spiro atoms. The molecule has 0 atom stereocenters. The van der Waals surface area contributed by atoms with Crippen molar-refractivity contribution in [2.45, 2.75) is 19.8 Å². The molecule has 21 heavy (non-hydrogen) atoms. The Bertz CT molecular complexity index is 742. The van der Waals surface area contributed by atoms with Crippen LogP contribution in [0.4, 0.5) is 5.82 Å². The predicted octanol–water partition coefficient (Wildman–Crippen LogP) is 3.96. The van der Waals surface area contributed by atoms with Gasteiger partial charge in [0.25, 0.3) is 0 Å². The fourth-order valence-electron chi connectivity index (χ4n) is 2.13. The van der Waals surface area contributed by atoms with Crippen LogP contribution in [0.25, 0.3) is 10.2 Å². The standard InChI is InChI=1S/C15H15ClN4S/c1-2-11-9-12-13(19-15(16)20-14(12)21-11)18-8-5-10-3-6-17-7-4-10/h3-4,6-7,9H,2,5,8H2,1H3,(H,18,19,20). The summed E-state index contributed by atoms with van der Waals surface area (Å²) < 4.78 is 0. The molecule has 6 heteroatoms. The lowest BCUT2D eigenvalue weighted by Gasteiger charge is -2.07. The number of nitrogens with one attached hydrogen (secondary N) is 1. The van der Waals surface area contributed by atoms with Gasteiger partial charge in [-0.25, -0.2) is 9.97 Å². The fourth-order valence-corrected chi connectivity index (χ4v) is 3.32. The molecule has 0 fully saturated rings.